The smallest absolute Gasteiger partial charge is 0.160 e. The molecule has 0 fully saturated rings. The molecule has 0 saturated heterocycles. The Balaban J connectivity index is 2.48. The maximum Gasteiger partial charge on any atom is 0.160 e. The molecule has 0 amide bonds. The summed E-state index contributed by atoms with van der Waals surface area (Å²) in [5, 5.41) is 0. The highest BCUT2D eigenvalue weighted by Gasteiger charge is 2.13. The van der Waals surface area contributed by atoms with E-state index in [1.165, 1.54) is 0 Å². The van der Waals surface area contributed by atoms with Gasteiger partial charge in [-0.25, -0.2) is 9.97 Å². The number of imidazole rings is 1. The van der Waals surface area contributed by atoms with Gasteiger partial charge in [-0.3, -0.25) is 0 Å². The molecule has 0 aliphatic rings. The zero-order valence-electron chi connectivity index (χ0n) is 11.3. The minimum Gasteiger partial charge on any atom is -0.312 e. The summed E-state index contributed by atoms with van der Waals surface area (Å²) in [5.41, 5.74) is 3.12. The Kier molecular flexibility index (Phi) is 4.23. The maximum atomic E-state index is 5.86. The van der Waals surface area contributed by atoms with E-state index in [0.29, 0.717) is 11.8 Å². The lowest BCUT2D eigenvalue weighted by Crippen LogP contribution is -2.11. The van der Waals surface area contributed by atoms with Gasteiger partial charge in [-0.1, -0.05) is 20.3 Å². The molecule has 18 heavy (non-hydrogen) atoms. The summed E-state index contributed by atoms with van der Waals surface area (Å²) in [5.74, 6) is 2.28. The minimum atomic E-state index is 0.600. The van der Waals surface area contributed by atoms with Crippen molar-refractivity contribution in [1.29, 1.82) is 0 Å². The average molecular weight is 266 g/mol. The average Bonchev–Trinajstić information content (AvgIpc) is 2.67. The third-order valence-corrected chi connectivity index (χ3v) is 3.50. The minimum absolute atomic E-state index is 0.600. The first-order chi connectivity index (χ1) is 8.65. The van der Waals surface area contributed by atoms with Gasteiger partial charge in [0.2, 0.25) is 0 Å². The fourth-order valence-electron chi connectivity index (χ4n) is 2.07. The predicted octanol–water partition coefficient (Wildman–Crippen LogP) is 3.57. The van der Waals surface area contributed by atoms with Crippen molar-refractivity contribution in [2.75, 3.05) is 5.88 Å². The van der Waals surface area contributed by atoms with Crippen molar-refractivity contribution < 1.29 is 0 Å². The van der Waals surface area contributed by atoms with Crippen LogP contribution in [0.5, 0.6) is 0 Å². The van der Waals surface area contributed by atoms with E-state index in [0.717, 1.165) is 41.9 Å². The molecule has 2 aromatic rings. The number of halogens is 1. The van der Waals surface area contributed by atoms with E-state index in [-0.39, 0.29) is 0 Å². The van der Waals surface area contributed by atoms with Gasteiger partial charge in [-0.15, -0.1) is 11.6 Å². The number of alkyl halides is 1. The lowest BCUT2D eigenvalue weighted by atomic mass is 10.1. The topological polar surface area (TPSA) is 30.7 Å². The van der Waals surface area contributed by atoms with Gasteiger partial charge >= 0.3 is 0 Å². The van der Waals surface area contributed by atoms with Crippen LogP contribution in [-0.4, -0.2) is 20.4 Å². The van der Waals surface area contributed by atoms with Crippen LogP contribution in [0.2, 0.25) is 0 Å². The number of hydrogen-bond donors (Lipinski definition) is 0. The van der Waals surface area contributed by atoms with Crippen LogP contribution >= 0.6 is 11.6 Å². The molecule has 1 atom stereocenters. The first-order valence-electron chi connectivity index (χ1n) is 6.53. The van der Waals surface area contributed by atoms with Gasteiger partial charge in [0.05, 0.1) is 0 Å². The van der Waals surface area contributed by atoms with Gasteiger partial charge in [0.25, 0.3) is 0 Å². The van der Waals surface area contributed by atoms with Crippen LogP contribution in [0.15, 0.2) is 12.3 Å². The number of fused-ring (bicyclic) bond motifs is 1. The quantitative estimate of drug-likeness (QED) is 0.774. The van der Waals surface area contributed by atoms with E-state index in [1.54, 1.807) is 0 Å². The zero-order chi connectivity index (χ0) is 13.1. The van der Waals surface area contributed by atoms with E-state index in [1.807, 2.05) is 13.1 Å². The molecular weight excluding hydrogens is 246 g/mol. The van der Waals surface area contributed by atoms with E-state index in [2.05, 4.69) is 34.4 Å². The van der Waals surface area contributed by atoms with Gasteiger partial charge in [0.15, 0.2) is 5.65 Å². The van der Waals surface area contributed by atoms with Crippen LogP contribution in [-0.2, 0) is 13.0 Å². The molecule has 2 heterocycles. The Labute approximate surface area is 113 Å². The molecule has 4 heteroatoms. The highest BCUT2D eigenvalue weighted by molar-refractivity contribution is 6.17. The van der Waals surface area contributed by atoms with Crippen molar-refractivity contribution in [3.63, 3.8) is 0 Å². The van der Waals surface area contributed by atoms with Crippen molar-refractivity contribution in [1.82, 2.24) is 14.5 Å². The monoisotopic (exact) mass is 265 g/mol. The van der Waals surface area contributed by atoms with Crippen LogP contribution in [0.4, 0.5) is 0 Å². The first-order valence-corrected chi connectivity index (χ1v) is 7.06. The lowest BCUT2D eigenvalue weighted by Gasteiger charge is -2.12. The second-order valence-corrected chi connectivity index (χ2v) is 5.32. The molecule has 2 aromatic heterocycles. The summed E-state index contributed by atoms with van der Waals surface area (Å²) in [4.78, 5) is 9.19. The van der Waals surface area contributed by atoms with E-state index in [4.69, 9.17) is 11.6 Å². The second-order valence-electron chi connectivity index (χ2n) is 4.95. The van der Waals surface area contributed by atoms with Crippen molar-refractivity contribution in [2.45, 2.75) is 40.2 Å². The summed E-state index contributed by atoms with van der Waals surface area (Å²) in [6.45, 7) is 7.48. The van der Waals surface area contributed by atoms with Gasteiger partial charge in [-0.2, -0.15) is 0 Å². The Hall–Kier alpha value is -1.09. The fraction of sp³-hybridized carbons (Fsp3) is 0.571. The third-order valence-electron chi connectivity index (χ3n) is 3.31. The molecule has 0 saturated carbocycles. The Morgan fingerprint density at radius 2 is 2.22 bits per heavy atom. The molecule has 2 rings (SSSR count). The van der Waals surface area contributed by atoms with Crippen molar-refractivity contribution in [2.24, 2.45) is 5.92 Å². The number of hydrogen-bond acceptors (Lipinski definition) is 2. The SMILES string of the molecule is CCC(C)Cn1c(CCCl)nc2cc(C)cnc21. The molecule has 3 nitrogen and oxygen atoms in total. The van der Waals surface area contributed by atoms with Gasteiger partial charge in [0.1, 0.15) is 11.3 Å². The summed E-state index contributed by atoms with van der Waals surface area (Å²) >= 11 is 5.86. The first kappa shape index (κ1) is 13.3. The number of nitrogens with zero attached hydrogens (tertiary/aromatic N) is 3. The molecule has 0 aromatic carbocycles. The van der Waals surface area contributed by atoms with Crippen LogP contribution in [0.25, 0.3) is 11.2 Å². The van der Waals surface area contributed by atoms with Gasteiger partial charge in [-0.05, 0) is 24.5 Å². The van der Waals surface area contributed by atoms with Crippen LogP contribution in [0.1, 0.15) is 31.7 Å². The molecule has 0 N–H and O–H groups in total. The molecule has 0 bridgehead atoms. The second kappa shape index (κ2) is 5.70. The van der Waals surface area contributed by atoms with E-state index < -0.39 is 0 Å². The van der Waals surface area contributed by atoms with E-state index in [9.17, 15) is 0 Å². The summed E-state index contributed by atoms with van der Waals surface area (Å²) < 4.78 is 2.23. The third kappa shape index (κ3) is 2.66. The highest BCUT2D eigenvalue weighted by atomic mass is 35.5. The van der Waals surface area contributed by atoms with Crippen molar-refractivity contribution in [3.05, 3.63) is 23.7 Å². The molecule has 1 unspecified atom stereocenters. The number of aromatic nitrogens is 3. The standard InChI is InChI=1S/C14H20ClN3/c1-4-10(2)9-18-13(5-6-15)17-12-7-11(3)8-16-14(12)18/h7-8,10H,4-6,9H2,1-3H3. The number of pyridine rings is 1. The van der Waals surface area contributed by atoms with Gasteiger partial charge in [0, 0.05) is 25.0 Å². The Morgan fingerprint density at radius 3 is 2.89 bits per heavy atom. The van der Waals surface area contributed by atoms with E-state index >= 15 is 0 Å². The molecular formula is C14H20ClN3. The summed E-state index contributed by atoms with van der Waals surface area (Å²) in [6, 6.07) is 2.09. The van der Waals surface area contributed by atoms with Gasteiger partial charge < -0.3 is 4.57 Å². The molecule has 0 spiro atoms. The lowest BCUT2D eigenvalue weighted by molar-refractivity contribution is 0.465. The van der Waals surface area contributed by atoms with Crippen LogP contribution in [0.3, 0.4) is 0 Å². The molecule has 0 aliphatic heterocycles. The molecule has 98 valence electrons. The Morgan fingerprint density at radius 1 is 1.44 bits per heavy atom. The number of aryl methyl sites for hydroxylation is 2. The van der Waals surface area contributed by atoms with Crippen molar-refractivity contribution in [3.8, 4) is 0 Å². The predicted molar refractivity (Wildman–Crippen MR) is 76.1 cm³/mol. The normalized spacial score (nSPS) is 13.1. The molecule has 0 radical (unpaired) electrons. The largest absolute Gasteiger partial charge is 0.312 e. The van der Waals surface area contributed by atoms with Crippen LogP contribution in [0, 0.1) is 12.8 Å². The zero-order valence-corrected chi connectivity index (χ0v) is 12.0. The van der Waals surface area contributed by atoms with Crippen LogP contribution < -0.4 is 0 Å². The summed E-state index contributed by atoms with van der Waals surface area (Å²) in [6.07, 6.45) is 3.86. The summed E-state index contributed by atoms with van der Waals surface area (Å²) in [7, 11) is 0. The molecule has 0 aliphatic carbocycles. The highest BCUT2D eigenvalue weighted by Crippen LogP contribution is 2.18. The van der Waals surface area contributed by atoms with Crippen molar-refractivity contribution >= 4 is 22.8 Å². The fourth-order valence-corrected chi connectivity index (χ4v) is 2.24. The Bertz CT molecular complexity index is 533. The maximum absolute atomic E-state index is 5.86. The number of rotatable bonds is 5.